The molecule has 0 aromatic heterocycles. The second-order valence-electron chi connectivity index (χ2n) is 3.00. The molecule has 7 heteroatoms. The van der Waals surface area contributed by atoms with Crippen LogP contribution in [0.4, 0.5) is 13.2 Å². The summed E-state index contributed by atoms with van der Waals surface area (Å²) in [5.74, 6) is -0.467. The van der Waals surface area contributed by atoms with Gasteiger partial charge in [0.1, 0.15) is 5.75 Å². The van der Waals surface area contributed by atoms with Gasteiger partial charge in [-0.05, 0) is 30.1 Å². The molecule has 0 radical (unpaired) electrons. The van der Waals surface area contributed by atoms with Crippen LogP contribution < -0.4 is 10.2 Å². The van der Waals surface area contributed by atoms with Crippen molar-refractivity contribution in [2.45, 2.75) is 13.3 Å². The highest BCUT2D eigenvalue weighted by atomic mass is 19.4. The van der Waals surface area contributed by atoms with E-state index in [-0.39, 0.29) is 5.46 Å². The predicted molar refractivity (Wildman–Crippen MR) is 47.7 cm³/mol. The van der Waals surface area contributed by atoms with Gasteiger partial charge < -0.3 is 14.8 Å². The van der Waals surface area contributed by atoms with Gasteiger partial charge in [0.15, 0.2) is 0 Å². The number of ether oxygens (including phenoxy) is 1. The topological polar surface area (TPSA) is 49.7 Å². The van der Waals surface area contributed by atoms with Crippen LogP contribution in [0.1, 0.15) is 5.56 Å². The number of hydrogen-bond acceptors (Lipinski definition) is 3. The first-order valence-corrected chi connectivity index (χ1v) is 4.01. The third kappa shape index (κ3) is 3.81. The van der Waals surface area contributed by atoms with E-state index in [4.69, 9.17) is 10.0 Å². The van der Waals surface area contributed by atoms with Crippen molar-refractivity contribution in [1.82, 2.24) is 0 Å². The number of benzene rings is 1. The second-order valence-corrected chi connectivity index (χ2v) is 3.00. The van der Waals surface area contributed by atoms with E-state index in [1.807, 2.05) is 0 Å². The van der Waals surface area contributed by atoms with Crippen LogP contribution >= 0.6 is 0 Å². The summed E-state index contributed by atoms with van der Waals surface area (Å²) in [6.45, 7) is 1.52. The fourth-order valence-electron chi connectivity index (χ4n) is 1.12. The first kappa shape index (κ1) is 11.9. The lowest BCUT2D eigenvalue weighted by Gasteiger charge is -2.11. The number of alkyl halides is 3. The fourth-order valence-corrected chi connectivity index (χ4v) is 1.12. The van der Waals surface area contributed by atoms with Crippen molar-refractivity contribution in [1.29, 1.82) is 0 Å². The Bertz CT molecular complexity index is 351. The lowest BCUT2D eigenvalue weighted by molar-refractivity contribution is -0.274. The molecule has 1 rings (SSSR count). The van der Waals surface area contributed by atoms with Crippen LogP contribution in [0.5, 0.6) is 5.75 Å². The molecule has 2 N–H and O–H groups in total. The minimum atomic E-state index is -4.79. The molecular weight excluding hydrogens is 212 g/mol. The van der Waals surface area contributed by atoms with Crippen molar-refractivity contribution < 1.29 is 28.0 Å². The summed E-state index contributed by atoms with van der Waals surface area (Å²) < 4.78 is 39.2. The van der Waals surface area contributed by atoms with Gasteiger partial charge in [-0.3, -0.25) is 0 Å². The number of hydrogen-bond donors (Lipinski definition) is 2. The van der Waals surface area contributed by atoms with Crippen LogP contribution in [-0.2, 0) is 0 Å². The van der Waals surface area contributed by atoms with Crippen molar-refractivity contribution in [2.24, 2.45) is 0 Å². The van der Waals surface area contributed by atoms with E-state index in [9.17, 15) is 13.2 Å². The monoisotopic (exact) mass is 220 g/mol. The van der Waals surface area contributed by atoms with E-state index in [1.54, 1.807) is 0 Å². The zero-order valence-corrected chi connectivity index (χ0v) is 7.75. The van der Waals surface area contributed by atoms with Crippen LogP contribution in [0.3, 0.4) is 0 Å². The van der Waals surface area contributed by atoms with Crippen molar-refractivity contribution in [3.05, 3.63) is 23.8 Å². The van der Waals surface area contributed by atoms with Gasteiger partial charge in [-0.15, -0.1) is 13.2 Å². The van der Waals surface area contributed by atoms with E-state index >= 15 is 0 Å². The molecule has 0 amide bonds. The highest BCUT2D eigenvalue weighted by Gasteiger charge is 2.31. The average molecular weight is 220 g/mol. The van der Waals surface area contributed by atoms with Crippen LogP contribution in [0.2, 0.25) is 0 Å². The van der Waals surface area contributed by atoms with Gasteiger partial charge in [0.2, 0.25) is 0 Å². The maximum absolute atomic E-state index is 11.9. The molecule has 0 aliphatic rings. The van der Waals surface area contributed by atoms with Gasteiger partial charge in [0.25, 0.3) is 0 Å². The Balaban J connectivity index is 2.99. The molecule has 1 aromatic carbocycles. The van der Waals surface area contributed by atoms with Crippen LogP contribution in [-0.4, -0.2) is 23.5 Å². The van der Waals surface area contributed by atoms with E-state index in [0.29, 0.717) is 5.56 Å². The van der Waals surface area contributed by atoms with Crippen LogP contribution in [0.15, 0.2) is 18.2 Å². The quantitative estimate of drug-likeness (QED) is 0.716. The molecule has 0 atom stereocenters. The smallest absolute Gasteiger partial charge is 0.423 e. The predicted octanol–water partition coefficient (Wildman–Crippen LogP) is 0.573. The Kier molecular flexibility index (Phi) is 3.26. The molecule has 0 aliphatic heterocycles. The van der Waals surface area contributed by atoms with Crippen LogP contribution in [0.25, 0.3) is 0 Å². The van der Waals surface area contributed by atoms with Gasteiger partial charge in [0.05, 0.1) is 0 Å². The van der Waals surface area contributed by atoms with Crippen molar-refractivity contribution in [3.63, 3.8) is 0 Å². The second kappa shape index (κ2) is 4.12. The molecular formula is C8H8BF3O3. The Morgan fingerprint density at radius 1 is 1.20 bits per heavy atom. The molecule has 0 saturated carbocycles. The summed E-state index contributed by atoms with van der Waals surface area (Å²) in [4.78, 5) is 0. The van der Waals surface area contributed by atoms with Gasteiger partial charge in [-0.2, -0.15) is 0 Å². The zero-order valence-electron chi connectivity index (χ0n) is 7.75. The zero-order chi connectivity index (χ0) is 11.6. The van der Waals surface area contributed by atoms with Crippen molar-refractivity contribution in [3.8, 4) is 5.75 Å². The third-order valence-electron chi connectivity index (χ3n) is 1.60. The van der Waals surface area contributed by atoms with Gasteiger partial charge >= 0.3 is 13.5 Å². The normalized spacial score (nSPS) is 11.3. The van der Waals surface area contributed by atoms with Gasteiger partial charge in [0, 0.05) is 0 Å². The summed E-state index contributed by atoms with van der Waals surface area (Å²) in [6.07, 6.45) is -4.79. The molecule has 0 unspecified atom stereocenters. The molecule has 0 heterocycles. The third-order valence-corrected chi connectivity index (χ3v) is 1.60. The van der Waals surface area contributed by atoms with Crippen molar-refractivity contribution >= 4 is 12.6 Å². The standard InChI is InChI=1S/C8H8BF3O3/c1-5-2-6(9(13)14)4-7(3-5)15-8(10,11)12/h2-4,13-14H,1H3. The summed E-state index contributed by atoms with van der Waals surface area (Å²) in [5, 5.41) is 17.6. The lowest BCUT2D eigenvalue weighted by Crippen LogP contribution is -2.30. The van der Waals surface area contributed by atoms with E-state index in [0.717, 1.165) is 12.1 Å². The van der Waals surface area contributed by atoms with E-state index in [2.05, 4.69) is 4.74 Å². The SMILES string of the molecule is Cc1cc(OC(F)(F)F)cc(B(O)O)c1. The van der Waals surface area contributed by atoms with E-state index < -0.39 is 19.2 Å². The highest BCUT2D eigenvalue weighted by Crippen LogP contribution is 2.22. The van der Waals surface area contributed by atoms with Gasteiger partial charge in [-0.1, -0.05) is 6.07 Å². The number of aryl methyl sites for hydroxylation is 1. The van der Waals surface area contributed by atoms with Gasteiger partial charge in [-0.25, -0.2) is 0 Å². The van der Waals surface area contributed by atoms with Crippen LogP contribution in [0, 0.1) is 6.92 Å². The number of halogens is 3. The molecule has 0 fully saturated rings. The fraction of sp³-hybridized carbons (Fsp3) is 0.250. The number of rotatable bonds is 2. The summed E-state index contributed by atoms with van der Waals surface area (Å²) in [6, 6.07) is 3.43. The summed E-state index contributed by atoms with van der Waals surface area (Å²) >= 11 is 0. The van der Waals surface area contributed by atoms with E-state index in [1.165, 1.54) is 13.0 Å². The summed E-state index contributed by atoms with van der Waals surface area (Å²) in [5.41, 5.74) is 0.397. The minimum absolute atomic E-state index is 0.0470. The largest absolute Gasteiger partial charge is 0.573 e. The lowest BCUT2D eigenvalue weighted by atomic mass is 9.79. The molecule has 1 aromatic rings. The first-order chi connectivity index (χ1) is 6.78. The molecule has 0 bridgehead atoms. The minimum Gasteiger partial charge on any atom is -0.423 e. The molecule has 15 heavy (non-hydrogen) atoms. The summed E-state index contributed by atoms with van der Waals surface area (Å²) in [7, 11) is -1.82. The molecule has 0 aliphatic carbocycles. The molecule has 0 saturated heterocycles. The molecule has 0 spiro atoms. The highest BCUT2D eigenvalue weighted by molar-refractivity contribution is 6.58. The molecule has 3 nitrogen and oxygen atoms in total. The Morgan fingerprint density at radius 2 is 1.80 bits per heavy atom. The maximum Gasteiger partial charge on any atom is 0.573 e. The molecule has 82 valence electrons. The Hall–Kier alpha value is -1.21. The Labute approximate surface area is 84.3 Å². The maximum atomic E-state index is 11.9. The van der Waals surface area contributed by atoms with Crippen molar-refractivity contribution in [2.75, 3.05) is 0 Å². The first-order valence-electron chi connectivity index (χ1n) is 4.01. The Morgan fingerprint density at radius 3 is 2.27 bits per heavy atom. The average Bonchev–Trinajstić information content (AvgIpc) is 1.99.